The van der Waals surface area contributed by atoms with Crippen molar-refractivity contribution in [2.24, 2.45) is 0 Å². The van der Waals surface area contributed by atoms with Crippen molar-refractivity contribution in [1.82, 2.24) is 5.32 Å². The smallest absolute Gasteiger partial charge is 0.220 e. The average molecular weight is 420 g/mol. The van der Waals surface area contributed by atoms with E-state index in [1.54, 1.807) is 21.3 Å². The first-order valence-electron chi connectivity index (χ1n) is 10.3. The molecule has 5 heteroatoms. The van der Waals surface area contributed by atoms with E-state index in [-0.39, 0.29) is 11.9 Å². The van der Waals surface area contributed by atoms with Gasteiger partial charge in [0.15, 0.2) is 11.5 Å². The van der Waals surface area contributed by atoms with Gasteiger partial charge in [-0.3, -0.25) is 4.79 Å². The number of methoxy groups -OCH3 is 3. The lowest BCUT2D eigenvalue weighted by Gasteiger charge is -2.16. The molecule has 1 atom stereocenters. The van der Waals surface area contributed by atoms with Gasteiger partial charge >= 0.3 is 0 Å². The summed E-state index contributed by atoms with van der Waals surface area (Å²) in [6.45, 7) is 1.99. The normalized spacial score (nSPS) is 11.5. The van der Waals surface area contributed by atoms with Crippen LogP contribution in [-0.2, 0) is 11.2 Å². The first-order valence-corrected chi connectivity index (χ1v) is 10.3. The summed E-state index contributed by atoms with van der Waals surface area (Å²) in [7, 11) is 4.73. The highest BCUT2D eigenvalue weighted by Crippen LogP contribution is 2.38. The van der Waals surface area contributed by atoms with E-state index in [9.17, 15) is 4.79 Å². The van der Waals surface area contributed by atoms with E-state index in [0.717, 1.165) is 16.7 Å². The van der Waals surface area contributed by atoms with Gasteiger partial charge in [-0.2, -0.15) is 0 Å². The second-order valence-electron chi connectivity index (χ2n) is 7.31. The van der Waals surface area contributed by atoms with Crippen LogP contribution < -0.4 is 19.5 Å². The Morgan fingerprint density at radius 2 is 1.42 bits per heavy atom. The molecule has 0 saturated heterocycles. The molecule has 0 aromatic heterocycles. The van der Waals surface area contributed by atoms with E-state index in [0.29, 0.717) is 30.1 Å². The van der Waals surface area contributed by atoms with E-state index >= 15 is 0 Å². The standard InChI is InChI=1S/C26H29NO4/c1-18(20-11-13-22(14-12-20)21-8-6-5-7-9-21)27-25(28)15-10-19-16-23(29-2)26(31-4)24(17-19)30-3/h5-9,11-14,16-18H,10,15H2,1-4H3,(H,27,28). The molecule has 0 radical (unpaired) electrons. The molecule has 0 fully saturated rings. The van der Waals surface area contributed by atoms with Gasteiger partial charge in [0.2, 0.25) is 11.7 Å². The van der Waals surface area contributed by atoms with Crippen molar-refractivity contribution >= 4 is 5.91 Å². The zero-order chi connectivity index (χ0) is 22.2. The Morgan fingerprint density at radius 3 is 1.97 bits per heavy atom. The Bertz CT molecular complexity index is 975. The van der Waals surface area contributed by atoms with Crippen LogP contribution in [0.2, 0.25) is 0 Å². The van der Waals surface area contributed by atoms with Gasteiger partial charge in [0.25, 0.3) is 0 Å². The van der Waals surface area contributed by atoms with Crippen molar-refractivity contribution in [2.45, 2.75) is 25.8 Å². The van der Waals surface area contributed by atoms with Crippen LogP contribution in [0.1, 0.15) is 30.5 Å². The number of aryl methyl sites for hydroxylation is 1. The number of ether oxygens (including phenoxy) is 3. The quantitative estimate of drug-likeness (QED) is 0.519. The molecule has 0 spiro atoms. The summed E-state index contributed by atoms with van der Waals surface area (Å²) in [5.74, 6) is 1.72. The molecule has 0 aliphatic carbocycles. The summed E-state index contributed by atoms with van der Waals surface area (Å²) >= 11 is 0. The summed E-state index contributed by atoms with van der Waals surface area (Å²) in [6, 6.07) is 22.2. The van der Waals surface area contributed by atoms with Crippen LogP contribution in [0.5, 0.6) is 17.2 Å². The molecule has 0 bridgehead atoms. The molecule has 0 heterocycles. The number of nitrogens with one attached hydrogen (secondary N) is 1. The maximum Gasteiger partial charge on any atom is 0.220 e. The zero-order valence-electron chi connectivity index (χ0n) is 18.5. The number of carbonyl (C=O) groups excluding carboxylic acids is 1. The lowest BCUT2D eigenvalue weighted by molar-refractivity contribution is -0.121. The Morgan fingerprint density at radius 1 is 0.839 bits per heavy atom. The molecular formula is C26H29NO4. The van der Waals surface area contributed by atoms with Crippen molar-refractivity contribution in [3.8, 4) is 28.4 Å². The zero-order valence-corrected chi connectivity index (χ0v) is 18.5. The van der Waals surface area contributed by atoms with Gasteiger partial charge in [0.1, 0.15) is 0 Å². The Kier molecular flexibility index (Phi) is 7.55. The van der Waals surface area contributed by atoms with Crippen LogP contribution in [0.3, 0.4) is 0 Å². The van der Waals surface area contributed by atoms with Crippen LogP contribution in [0.4, 0.5) is 0 Å². The highest BCUT2D eigenvalue weighted by molar-refractivity contribution is 5.77. The van der Waals surface area contributed by atoms with E-state index in [4.69, 9.17) is 14.2 Å². The van der Waals surface area contributed by atoms with Crippen LogP contribution >= 0.6 is 0 Å². The number of rotatable bonds is 9. The Balaban J connectivity index is 1.59. The first kappa shape index (κ1) is 22.2. The number of hydrogen-bond donors (Lipinski definition) is 1. The summed E-state index contributed by atoms with van der Waals surface area (Å²) in [5, 5.41) is 3.08. The van der Waals surface area contributed by atoms with Gasteiger partial charge in [-0.25, -0.2) is 0 Å². The number of benzene rings is 3. The minimum Gasteiger partial charge on any atom is -0.493 e. The molecule has 1 unspecified atom stereocenters. The summed E-state index contributed by atoms with van der Waals surface area (Å²) in [5.41, 5.74) is 4.35. The van der Waals surface area contributed by atoms with Crippen LogP contribution in [0, 0.1) is 0 Å². The monoisotopic (exact) mass is 419 g/mol. The van der Waals surface area contributed by atoms with Gasteiger partial charge in [0, 0.05) is 6.42 Å². The van der Waals surface area contributed by atoms with Gasteiger partial charge in [-0.05, 0) is 47.7 Å². The highest BCUT2D eigenvalue weighted by atomic mass is 16.5. The third kappa shape index (κ3) is 5.57. The summed E-state index contributed by atoms with van der Waals surface area (Å²) in [6.07, 6.45) is 0.938. The number of amides is 1. The molecule has 31 heavy (non-hydrogen) atoms. The second kappa shape index (κ2) is 10.5. The van der Waals surface area contributed by atoms with Crippen LogP contribution in [0.15, 0.2) is 66.7 Å². The topological polar surface area (TPSA) is 56.8 Å². The minimum atomic E-state index is -0.0720. The van der Waals surface area contributed by atoms with Crippen molar-refractivity contribution in [2.75, 3.05) is 21.3 Å². The first-order chi connectivity index (χ1) is 15.0. The van der Waals surface area contributed by atoms with E-state index in [1.165, 1.54) is 5.56 Å². The average Bonchev–Trinajstić information content (AvgIpc) is 2.82. The van der Waals surface area contributed by atoms with Gasteiger partial charge in [-0.1, -0.05) is 54.6 Å². The second-order valence-corrected chi connectivity index (χ2v) is 7.31. The molecule has 1 N–H and O–H groups in total. The van der Waals surface area contributed by atoms with Crippen LogP contribution in [0.25, 0.3) is 11.1 Å². The third-order valence-electron chi connectivity index (χ3n) is 5.26. The number of hydrogen-bond acceptors (Lipinski definition) is 4. The van der Waals surface area contributed by atoms with Crippen molar-refractivity contribution in [1.29, 1.82) is 0 Å². The SMILES string of the molecule is COc1cc(CCC(=O)NC(C)c2ccc(-c3ccccc3)cc2)cc(OC)c1OC. The Labute approximate surface area is 184 Å². The summed E-state index contributed by atoms with van der Waals surface area (Å²) in [4.78, 5) is 12.5. The van der Waals surface area contributed by atoms with Crippen LogP contribution in [-0.4, -0.2) is 27.2 Å². The lowest BCUT2D eigenvalue weighted by Crippen LogP contribution is -2.26. The largest absolute Gasteiger partial charge is 0.493 e. The molecule has 5 nitrogen and oxygen atoms in total. The predicted molar refractivity (Wildman–Crippen MR) is 123 cm³/mol. The molecule has 0 aliphatic heterocycles. The molecule has 3 aromatic rings. The molecular weight excluding hydrogens is 390 g/mol. The Hall–Kier alpha value is -3.47. The predicted octanol–water partition coefficient (Wildman–Crippen LogP) is 5.19. The van der Waals surface area contributed by atoms with Gasteiger partial charge in [-0.15, -0.1) is 0 Å². The highest BCUT2D eigenvalue weighted by Gasteiger charge is 2.15. The van der Waals surface area contributed by atoms with Gasteiger partial charge < -0.3 is 19.5 Å². The molecule has 1 amide bonds. The fraction of sp³-hybridized carbons (Fsp3) is 0.269. The van der Waals surface area contributed by atoms with Crippen molar-refractivity contribution in [3.05, 3.63) is 77.9 Å². The molecule has 3 aromatic carbocycles. The molecule has 0 saturated carbocycles. The van der Waals surface area contributed by atoms with E-state index in [1.807, 2.05) is 37.3 Å². The van der Waals surface area contributed by atoms with E-state index in [2.05, 4.69) is 41.7 Å². The molecule has 0 aliphatic rings. The third-order valence-corrected chi connectivity index (χ3v) is 5.26. The fourth-order valence-electron chi connectivity index (χ4n) is 3.53. The summed E-state index contributed by atoms with van der Waals surface area (Å²) < 4.78 is 16.1. The van der Waals surface area contributed by atoms with Gasteiger partial charge in [0.05, 0.1) is 27.4 Å². The fourth-order valence-corrected chi connectivity index (χ4v) is 3.53. The molecule has 3 rings (SSSR count). The minimum absolute atomic E-state index is 0.00612. The lowest BCUT2D eigenvalue weighted by atomic mass is 10.0. The van der Waals surface area contributed by atoms with Crippen molar-refractivity contribution in [3.63, 3.8) is 0 Å². The van der Waals surface area contributed by atoms with E-state index < -0.39 is 0 Å². The molecule has 162 valence electrons. The maximum atomic E-state index is 12.5. The maximum absolute atomic E-state index is 12.5. The number of carbonyl (C=O) groups is 1. The van der Waals surface area contributed by atoms with Crippen molar-refractivity contribution < 1.29 is 19.0 Å².